The first kappa shape index (κ1) is 12.4. The molecule has 2 N–H and O–H groups in total. The second-order valence-corrected chi connectivity index (χ2v) is 5.13. The van der Waals surface area contributed by atoms with Crippen LogP contribution in [0.3, 0.4) is 0 Å². The number of halogens is 1. The molecule has 1 heterocycles. The summed E-state index contributed by atoms with van der Waals surface area (Å²) in [6.07, 6.45) is 2.19. The number of hydrogen-bond donors (Lipinski definition) is 1. The van der Waals surface area contributed by atoms with Crippen molar-refractivity contribution >= 4 is 5.69 Å². The van der Waals surface area contributed by atoms with E-state index < -0.39 is 5.67 Å². The lowest BCUT2D eigenvalue weighted by molar-refractivity contribution is 0.170. The molecule has 0 amide bonds. The Morgan fingerprint density at radius 2 is 2.18 bits per heavy atom. The van der Waals surface area contributed by atoms with Crippen LogP contribution in [0.25, 0.3) is 0 Å². The smallest absolute Gasteiger partial charge is 0.110 e. The second-order valence-electron chi connectivity index (χ2n) is 5.13. The Morgan fingerprint density at radius 1 is 1.35 bits per heavy atom. The lowest BCUT2D eigenvalue weighted by Gasteiger charge is -2.24. The third kappa shape index (κ3) is 3.19. The largest absolute Gasteiger partial charge is 0.371 e. The van der Waals surface area contributed by atoms with Crippen molar-refractivity contribution in [3.63, 3.8) is 0 Å². The standard InChI is InChI=1S/C14H21FN2/c1-14(15)6-3-8-17(9-7-14)13-5-2-4-12(10-13)11-16/h2,4-5,10H,3,6-9,11,16H2,1H3. The summed E-state index contributed by atoms with van der Waals surface area (Å²) in [7, 11) is 0. The van der Waals surface area contributed by atoms with Crippen molar-refractivity contribution in [3.8, 4) is 0 Å². The summed E-state index contributed by atoms with van der Waals surface area (Å²) in [5.74, 6) is 0. The molecule has 17 heavy (non-hydrogen) atoms. The molecular formula is C14H21FN2. The van der Waals surface area contributed by atoms with E-state index in [4.69, 9.17) is 5.73 Å². The molecule has 2 rings (SSSR count). The van der Waals surface area contributed by atoms with Crippen molar-refractivity contribution in [3.05, 3.63) is 29.8 Å². The highest BCUT2D eigenvalue weighted by molar-refractivity contribution is 5.48. The van der Waals surface area contributed by atoms with Gasteiger partial charge in [0.2, 0.25) is 0 Å². The minimum Gasteiger partial charge on any atom is -0.371 e. The third-order valence-electron chi connectivity index (χ3n) is 3.54. The van der Waals surface area contributed by atoms with Gasteiger partial charge < -0.3 is 10.6 Å². The van der Waals surface area contributed by atoms with Gasteiger partial charge in [-0.2, -0.15) is 0 Å². The van der Waals surface area contributed by atoms with Crippen LogP contribution in [0.15, 0.2) is 24.3 Å². The van der Waals surface area contributed by atoms with Crippen LogP contribution in [-0.2, 0) is 6.54 Å². The van der Waals surface area contributed by atoms with E-state index in [-0.39, 0.29) is 0 Å². The number of rotatable bonds is 2. The summed E-state index contributed by atoms with van der Waals surface area (Å²) in [5, 5.41) is 0. The van der Waals surface area contributed by atoms with E-state index in [1.54, 1.807) is 6.92 Å². The average Bonchev–Trinajstić information content (AvgIpc) is 2.50. The van der Waals surface area contributed by atoms with E-state index >= 15 is 0 Å². The van der Waals surface area contributed by atoms with Gasteiger partial charge in [-0.1, -0.05) is 12.1 Å². The van der Waals surface area contributed by atoms with Crippen molar-refractivity contribution in [2.24, 2.45) is 5.73 Å². The van der Waals surface area contributed by atoms with Gasteiger partial charge in [0.15, 0.2) is 0 Å². The predicted octanol–water partition coefficient (Wildman–Crippen LogP) is 2.86. The minimum atomic E-state index is -1.000. The van der Waals surface area contributed by atoms with Crippen LogP contribution < -0.4 is 10.6 Å². The van der Waals surface area contributed by atoms with Gasteiger partial charge in [0.05, 0.1) is 0 Å². The van der Waals surface area contributed by atoms with E-state index in [0.29, 0.717) is 19.4 Å². The molecule has 1 aromatic rings. The van der Waals surface area contributed by atoms with E-state index in [9.17, 15) is 4.39 Å². The molecule has 0 aromatic heterocycles. The molecule has 0 spiro atoms. The molecule has 1 aliphatic heterocycles. The molecule has 1 saturated heterocycles. The highest BCUT2D eigenvalue weighted by Crippen LogP contribution is 2.28. The first-order valence-electron chi connectivity index (χ1n) is 6.34. The van der Waals surface area contributed by atoms with Gasteiger partial charge in [-0.15, -0.1) is 0 Å². The topological polar surface area (TPSA) is 29.3 Å². The zero-order valence-corrected chi connectivity index (χ0v) is 10.5. The van der Waals surface area contributed by atoms with E-state index in [0.717, 1.165) is 25.1 Å². The molecule has 94 valence electrons. The molecule has 1 aliphatic rings. The monoisotopic (exact) mass is 236 g/mol. The number of anilines is 1. The summed E-state index contributed by atoms with van der Waals surface area (Å²) >= 11 is 0. The van der Waals surface area contributed by atoms with Crippen molar-refractivity contribution in [1.29, 1.82) is 0 Å². The normalized spacial score (nSPS) is 25.7. The highest BCUT2D eigenvalue weighted by Gasteiger charge is 2.27. The highest BCUT2D eigenvalue weighted by atomic mass is 19.1. The molecule has 3 heteroatoms. The van der Waals surface area contributed by atoms with Crippen LogP contribution in [0.1, 0.15) is 31.7 Å². The Morgan fingerprint density at radius 3 is 2.94 bits per heavy atom. The maximum Gasteiger partial charge on any atom is 0.110 e. The van der Waals surface area contributed by atoms with Gasteiger partial charge in [0.1, 0.15) is 5.67 Å². The zero-order valence-electron chi connectivity index (χ0n) is 10.5. The van der Waals surface area contributed by atoms with Crippen molar-refractivity contribution < 1.29 is 4.39 Å². The fourth-order valence-corrected chi connectivity index (χ4v) is 2.38. The summed E-state index contributed by atoms with van der Waals surface area (Å²) in [6.45, 7) is 4.00. The summed E-state index contributed by atoms with van der Waals surface area (Å²) < 4.78 is 13.9. The third-order valence-corrected chi connectivity index (χ3v) is 3.54. The Kier molecular flexibility index (Phi) is 3.67. The van der Waals surface area contributed by atoms with E-state index in [2.05, 4.69) is 17.0 Å². The number of hydrogen-bond acceptors (Lipinski definition) is 2. The number of nitrogens with two attached hydrogens (primary N) is 1. The van der Waals surface area contributed by atoms with Gasteiger partial charge >= 0.3 is 0 Å². The lowest BCUT2D eigenvalue weighted by Crippen LogP contribution is -2.26. The first-order chi connectivity index (χ1) is 8.11. The van der Waals surface area contributed by atoms with Crippen LogP contribution in [0.4, 0.5) is 10.1 Å². The maximum absolute atomic E-state index is 13.9. The summed E-state index contributed by atoms with van der Waals surface area (Å²) in [4.78, 5) is 2.27. The van der Waals surface area contributed by atoms with Gasteiger partial charge in [-0.3, -0.25) is 0 Å². The van der Waals surface area contributed by atoms with Gasteiger partial charge in [-0.05, 0) is 43.9 Å². The predicted molar refractivity (Wildman–Crippen MR) is 69.9 cm³/mol. The fourth-order valence-electron chi connectivity index (χ4n) is 2.38. The van der Waals surface area contributed by atoms with Gasteiger partial charge in [0, 0.05) is 25.3 Å². The molecule has 0 aliphatic carbocycles. The van der Waals surface area contributed by atoms with Gasteiger partial charge in [0.25, 0.3) is 0 Å². The maximum atomic E-state index is 13.9. The van der Waals surface area contributed by atoms with E-state index in [1.165, 1.54) is 5.69 Å². The molecule has 0 saturated carbocycles. The van der Waals surface area contributed by atoms with Crippen LogP contribution in [0.5, 0.6) is 0 Å². The molecule has 0 radical (unpaired) electrons. The number of alkyl halides is 1. The molecular weight excluding hydrogens is 215 g/mol. The number of benzene rings is 1. The van der Waals surface area contributed by atoms with Crippen molar-refractivity contribution in [2.45, 2.75) is 38.4 Å². The molecule has 1 fully saturated rings. The van der Waals surface area contributed by atoms with Crippen molar-refractivity contribution in [2.75, 3.05) is 18.0 Å². The fraction of sp³-hybridized carbons (Fsp3) is 0.571. The molecule has 0 bridgehead atoms. The van der Waals surface area contributed by atoms with Crippen LogP contribution in [0.2, 0.25) is 0 Å². The molecule has 1 aromatic carbocycles. The summed E-state index contributed by atoms with van der Waals surface area (Å²) in [5.41, 5.74) is 6.95. The van der Waals surface area contributed by atoms with Crippen molar-refractivity contribution in [1.82, 2.24) is 0 Å². The Bertz CT molecular complexity index is 376. The molecule has 1 atom stereocenters. The Hall–Kier alpha value is -1.09. The van der Waals surface area contributed by atoms with Gasteiger partial charge in [-0.25, -0.2) is 4.39 Å². The van der Waals surface area contributed by atoms with Crippen LogP contribution in [-0.4, -0.2) is 18.8 Å². The molecule has 2 nitrogen and oxygen atoms in total. The van der Waals surface area contributed by atoms with Crippen LogP contribution in [0, 0.1) is 0 Å². The summed E-state index contributed by atoms with van der Waals surface area (Å²) in [6, 6.07) is 8.25. The quantitative estimate of drug-likeness (QED) is 0.855. The number of nitrogens with zero attached hydrogens (tertiary/aromatic N) is 1. The Labute approximate surface area is 103 Å². The first-order valence-corrected chi connectivity index (χ1v) is 6.34. The molecule has 1 unspecified atom stereocenters. The Balaban J connectivity index is 2.11. The minimum absolute atomic E-state index is 0.558. The average molecular weight is 236 g/mol. The zero-order chi connectivity index (χ0) is 12.3. The SMILES string of the molecule is CC1(F)CCCN(c2cccc(CN)c2)CC1. The van der Waals surface area contributed by atoms with E-state index in [1.807, 2.05) is 12.1 Å². The van der Waals surface area contributed by atoms with Crippen LogP contribution >= 0.6 is 0 Å². The second kappa shape index (κ2) is 5.05. The lowest BCUT2D eigenvalue weighted by atomic mass is 10.00.